The molecule has 1 unspecified atom stereocenters. The van der Waals surface area contributed by atoms with Crippen molar-refractivity contribution in [2.75, 3.05) is 18.0 Å². The van der Waals surface area contributed by atoms with Gasteiger partial charge in [0.05, 0.1) is 17.7 Å². The summed E-state index contributed by atoms with van der Waals surface area (Å²) in [6.45, 7) is 1.64. The summed E-state index contributed by atoms with van der Waals surface area (Å²) >= 11 is 0. The third-order valence-corrected chi connectivity index (χ3v) is 2.95. The molecule has 1 N–H and O–H groups in total. The fraction of sp³-hybridized carbons (Fsp3) is 0.417. The van der Waals surface area contributed by atoms with E-state index in [0.29, 0.717) is 12.1 Å². The second kappa shape index (κ2) is 4.59. The van der Waals surface area contributed by atoms with Crippen LogP contribution in [0.25, 0.3) is 0 Å². The Labute approximate surface area is 96.7 Å². The molecule has 1 aliphatic heterocycles. The molecule has 0 spiro atoms. The smallest absolute Gasteiger partial charge is 0.139 e. The van der Waals surface area contributed by atoms with Gasteiger partial charge < -0.3 is 10.0 Å². The molecule has 2 rings (SSSR count). The molecule has 1 aromatic carbocycles. The number of aliphatic hydroxyl groups excluding tert-OH is 1. The van der Waals surface area contributed by atoms with Crippen LogP contribution in [0.1, 0.15) is 18.4 Å². The maximum absolute atomic E-state index is 9.63. The average molecular weight is 214 g/mol. The quantitative estimate of drug-likeness (QED) is 0.657. The maximum atomic E-state index is 9.63. The van der Waals surface area contributed by atoms with Crippen LogP contribution in [0.3, 0.4) is 0 Å². The summed E-state index contributed by atoms with van der Waals surface area (Å²) in [4.78, 5) is 2.15. The summed E-state index contributed by atoms with van der Waals surface area (Å²) in [5.74, 6) is 0. The van der Waals surface area contributed by atoms with E-state index in [1.165, 1.54) is 0 Å². The van der Waals surface area contributed by atoms with Gasteiger partial charge in [-0.3, -0.25) is 0 Å². The van der Waals surface area contributed by atoms with Gasteiger partial charge in [0.2, 0.25) is 0 Å². The number of benzene rings is 1. The monoisotopic (exact) mass is 214 g/mol. The standard InChI is InChI=1S/C12H15BN2O/c13-10-4-9(7-14)5-11(6-10)15-3-1-2-12(16)8-15/h4-6,12,16H,1-3,8,13H2. The van der Waals surface area contributed by atoms with Crippen LogP contribution in [0.15, 0.2) is 18.2 Å². The molecule has 1 aliphatic rings. The molecular formula is C12H15BN2O. The van der Waals surface area contributed by atoms with Crippen LogP contribution in [-0.4, -0.2) is 32.1 Å². The van der Waals surface area contributed by atoms with Crippen molar-refractivity contribution in [1.82, 2.24) is 0 Å². The molecular weight excluding hydrogens is 199 g/mol. The summed E-state index contributed by atoms with van der Waals surface area (Å²) in [5.41, 5.74) is 2.83. The van der Waals surface area contributed by atoms with Crippen LogP contribution < -0.4 is 10.4 Å². The van der Waals surface area contributed by atoms with Crippen LogP contribution in [-0.2, 0) is 0 Å². The Kier molecular flexibility index (Phi) is 3.16. The number of aliphatic hydroxyl groups is 1. The Morgan fingerprint density at radius 3 is 2.94 bits per heavy atom. The van der Waals surface area contributed by atoms with E-state index < -0.39 is 0 Å². The molecule has 1 saturated heterocycles. The van der Waals surface area contributed by atoms with Gasteiger partial charge in [-0.1, -0.05) is 11.5 Å². The van der Waals surface area contributed by atoms with Crippen molar-refractivity contribution in [2.24, 2.45) is 0 Å². The van der Waals surface area contributed by atoms with Crippen LogP contribution in [0.4, 0.5) is 5.69 Å². The van der Waals surface area contributed by atoms with Crippen LogP contribution in [0.5, 0.6) is 0 Å². The van der Waals surface area contributed by atoms with Crippen LogP contribution in [0, 0.1) is 11.3 Å². The molecule has 1 fully saturated rings. The van der Waals surface area contributed by atoms with E-state index in [2.05, 4.69) is 17.0 Å². The Morgan fingerprint density at radius 2 is 2.25 bits per heavy atom. The third kappa shape index (κ3) is 2.37. The van der Waals surface area contributed by atoms with Gasteiger partial charge in [-0.25, -0.2) is 0 Å². The zero-order valence-corrected chi connectivity index (χ0v) is 9.48. The van der Waals surface area contributed by atoms with Crippen LogP contribution in [0.2, 0.25) is 0 Å². The first kappa shape index (κ1) is 11.0. The lowest BCUT2D eigenvalue weighted by Gasteiger charge is -2.32. The second-order valence-electron chi connectivity index (χ2n) is 4.41. The molecule has 0 aromatic heterocycles. The fourth-order valence-corrected chi connectivity index (χ4v) is 2.20. The Hall–Kier alpha value is -1.47. The van der Waals surface area contributed by atoms with Crippen molar-refractivity contribution in [1.29, 1.82) is 5.26 Å². The molecule has 0 bridgehead atoms. The molecule has 3 nitrogen and oxygen atoms in total. The SMILES string of the molecule is Bc1cc(C#N)cc(N2CCCC(O)C2)c1. The number of anilines is 1. The first-order valence-electron chi connectivity index (χ1n) is 5.64. The van der Waals surface area contributed by atoms with E-state index in [4.69, 9.17) is 5.26 Å². The van der Waals surface area contributed by atoms with Crippen molar-refractivity contribution in [3.8, 4) is 6.07 Å². The summed E-state index contributed by atoms with van der Waals surface area (Å²) in [5, 5.41) is 18.5. The van der Waals surface area contributed by atoms with Crippen molar-refractivity contribution in [3.05, 3.63) is 23.8 Å². The zero-order chi connectivity index (χ0) is 11.5. The Bertz CT molecular complexity index is 428. The number of nitrogens with zero attached hydrogens (tertiary/aromatic N) is 2. The van der Waals surface area contributed by atoms with Crippen molar-refractivity contribution < 1.29 is 5.11 Å². The lowest BCUT2D eigenvalue weighted by Crippen LogP contribution is -2.38. The Balaban J connectivity index is 2.26. The molecule has 0 radical (unpaired) electrons. The average Bonchev–Trinajstić information content (AvgIpc) is 2.28. The van der Waals surface area contributed by atoms with E-state index in [1.807, 2.05) is 20.0 Å². The zero-order valence-electron chi connectivity index (χ0n) is 9.48. The summed E-state index contributed by atoms with van der Waals surface area (Å²) in [6.07, 6.45) is 1.66. The van der Waals surface area contributed by atoms with Gasteiger partial charge in [-0.05, 0) is 25.0 Å². The topological polar surface area (TPSA) is 47.3 Å². The van der Waals surface area contributed by atoms with Gasteiger partial charge in [0.25, 0.3) is 0 Å². The molecule has 4 heteroatoms. The van der Waals surface area contributed by atoms with E-state index >= 15 is 0 Å². The molecule has 1 heterocycles. The molecule has 1 atom stereocenters. The molecule has 0 amide bonds. The summed E-state index contributed by atoms with van der Waals surface area (Å²) < 4.78 is 0. The number of β-amino-alcohol motifs (C(OH)–C–C–N with tert-alkyl or cyclic N) is 1. The highest BCUT2D eigenvalue weighted by Gasteiger charge is 2.18. The highest BCUT2D eigenvalue weighted by atomic mass is 16.3. The number of hydrogen-bond acceptors (Lipinski definition) is 3. The normalized spacial score (nSPS) is 20.5. The number of piperidine rings is 1. The van der Waals surface area contributed by atoms with Crippen molar-refractivity contribution >= 4 is 19.0 Å². The van der Waals surface area contributed by atoms with E-state index in [0.717, 1.165) is 30.5 Å². The molecule has 1 aromatic rings. The summed E-state index contributed by atoms with van der Waals surface area (Å²) in [7, 11) is 1.99. The minimum atomic E-state index is -0.236. The van der Waals surface area contributed by atoms with E-state index in [1.54, 1.807) is 0 Å². The van der Waals surface area contributed by atoms with Crippen molar-refractivity contribution in [2.45, 2.75) is 18.9 Å². The van der Waals surface area contributed by atoms with Gasteiger partial charge in [-0.2, -0.15) is 5.26 Å². The first-order valence-corrected chi connectivity index (χ1v) is 5.64. The molecule has 0 aliphatic carbocycles. The largest absolute Gasteiger partial charge is 0.391 e. The molecule has 16 heavy (non-hydrogen) atoms. The lowest BCUT2D eigenvalue weighted by atomic mass is 9.93. The lowest BCUT2D eigenvalue weighted by molar-refractivity contribution is 0.154. The van der Waals surface area contributed by atoms with Gasteiger partial charge in [0.15, 0.2) is 0 Å². The summed E-state index contributed by atoms with van der Waals surface area (Å²) in [6, 6.07) is 8.01. The Morgan fingerprint density at radius 1 is 1.44 bits per heavy atom. The van der Waals surface area contributed by atoms with Gasteiger partial charge in [0, 0.05) is 18.8 Å². The molecule has 82 valence electrons. The third-order valence-electron chi connectivity index (χ3n) is 2.95. The second-order valence-corrected chi connectivity index (χ2v) is 4.41. The van der Waals surface area contributed by atoms with Crippen molar-refractivity contribution in [3.63, 3.8) is 0 Å². The predicted octanol–water partition coefficient (Wildman–Crippen LogP) is -0.222. The minimum absolute atomic E-state index is 0.236. The van der Waals surface area contributed by atoms with E-state index in [9.17, 15) is 5.11 Å². The molecule has 0 saturated carbocycles. The minimum Gasteiger partial charge on any atom is -0.391 e. The maximum Gasteiger partial charge on any atom is 0.139 e. The van der Waals surface area contributed by atoms with E-state index in [-0.39, 0.29) is 6.10 Å². The van der Waals surface area contributed by atoms with Gasteiger partial charge >= 0.3 is 0 Å². The number of rotatable bonds is 1. The highest BCUT2D eigenvalue weighted by Crippen LogP contribution is 2.19. The van der Waals surface area contributed by atoms with Gasteiger partial charge in [-0.15, -0.1) is 0 Å². The van der Waals surface area contributed by atoms with Gasteiger partial charge in [0.1, 0.15) is 7.85 Å². The first-order chi connectivity index (χ1) is 7.69. The fourth-order valence-electron chi connectivity index (χ4n) is 2.20. The number of nitriles is 1. The predicted molar refractivity (Wildman–Crippen MR) is 66.8 cm³/mol. The van der Waals surface area contributed by atoms with Crippen LogP contribution >= 0.6 is 0 Å². The highest BCUT2D eigenvalue weighted by molar-refractivity contribution is 6.32. The number of hydrogen-bond donors (Lipinski definition) is 1.